The van der Waals surface area contributed by atoms with Crippen LogP contribution in [0.15, 0.2) is 12.2 Å². The summed E-state index contributed by atoms with van der Waals surface area (Å²) in [6.07, 6.45) is 7.49. The van der Waals surface area contributed by atoms with Gasteiger partial charge in [0, 0.05) is 0 Å². The maximum Gasteiger partial charge on any atom is 0.0568 e. The molecule has 0 aromatic carbocycles. The highest BCUT2D eigenvalue weighted by Gasteiger charge is 2.29. The number of aliphatic hydroxyl groups is 1. The van der Waals surface area contributed by atoms with Crippen LogP contribution >= 0.6 is 0 Å². The minimum Gasteiger partial charge on any atom is -0.393 e. The van der Waals surface area contributed by atoms with Crippen LogP contribution in [0.1, 0.15) is 33.1 Å². The van der Waals surface area contributed by atoms with E-state index in [9.17, 15) is 5.11 Å². The molecule has 0 aromatic rings. The maximum atomic E-state index is 9.40. The Hall–Kier alpha value is -0.300. The summed E-state index contributed by atoms with van der Waals surface area (Å²) in [6.45, 7) is 4.04. The summed E-state index contributed by atoms with van der Waals surface area (Å²) >= 11 is 0. The lowest BCUT2D eigenvalue weighted by molar-refractivity contribution is 0.0454. The fraction of sp³-hybridized carbons (Fsp3) is 0.778. The monoisotopic (exact) mass is 140 g/mol. The third kappa shape index (κ3) is 1.40. The van der Waals surface area contributed by atoms with Gasteiger partial charge in [-0.15, -0.1) is 0 Å². The van der Waals surface area contributed by atoms with Crippen LogP contribution in [-0.4, -0.2) is 11.2 Å². The smallest absolute Gasteiger partial charge is 0.0568 e. The van der Waals surface area contributed by atoms with Crippen LogP contribution in [0.2, 0.25) is 0 Å². The summed E-state index contributed by atoms with van der Waals surface area (Å²) < 4.78 is 0. The predicted molar refractivity (Wildman–Crippen MR) is 42.8 cm³/mol. The second-order valence-electron chi connectivity index (χ2n) is 3.54. The van der Waals surface area contributed by atoms with Crippen LogP contribution in [-0.2, 0) is 0 Å². The van der Waals surface area contributed by atoms with Crippen molar-refractivity contribution < 1.29 is 5.11 Å². The van der Waals surface area contributed by atoms with E-state index in [4.69, 9.17) is 0 Å². The molecular weight excluding hydrogens is 124 g/mol. The van der Waals surface area contributed by atoms with Gasteiger partial charge in [0.2, 0.25) is 0 Å². The molecule has 0 amide bonds. The predicted octanol–water partition coefficient (Wildman–Crippen LogP) is 2.11. The zero-order chi connectivity index (χ0) is 7.61. The van der Waals surface area contributed by atoms with Gasteiger partial charge in [-0.05, 0) is 31.6 Å². The Morgan fingerprint density at radius 1 is 1.50 bits per heavy atom. The van der Waals surface area contributed by atoms with E-state index < -0.39 is 0 Å². The Kier molecular flexibility index (Phi) is 2.14. The van der Waals surface area contributed by atoms with Gasteiger partial charge in [0.1, 0.15) is 0 Å². The molecule has 1 aliphatic carbocycles. The molecule has 1 rings (SSSR count). The molecule has 2 atom stereocenters. The molecule has 0 heterocycles. The third-order valence-electron chi connectivity index (χ3n) is 2.64. The number of rotatable bonds is 1. The molecule has 0 spiro atoms. The van der Waals surface area contributed by atoms with Gasteiger partial charge < -0.3 is 5.11 Å². The minimum atomic E-state index is -0.169. The van der Waals surface area contributed by atoms with E-state index in [-0.39, 0.29) is 11.5 Å². The molecule has 0 aromatic heterocycles. The van der Waals surface area contributed by atoms with E-state index in [0.29, 0.717) is 0 Å². The highest BCUT2D eigenvalue weighted by Crippen LogP contribution is 2.35. The van der Waals surface area contributed by atoms with Crippen LogP contribution in [0.4, 0.5) is 0 Å². The standard InChI is InChI=1S/C9H16O/c1-8(10)9(2)6-4-3-5-7-9/h3-4,8,10H,5-7H2,1-2H3. The highest BCUT2D eigenvalue weighted by molar-refractivity contribution is 4.97. The Morgan fingerprint density at radius 3 is 2.50 bits per heavy atom. The van der Waals surface area contributed by atoms with E-state index in [2.05, 4.69) is 19.1 Å². The highest BCUT2D eigenvalue weighted by atomic mass is 16.3. The van der Waals surface area contributed by atoms with E-state index in [0.717, 1.165) is 19.3 Å². The van der Waals surface area contributed by atoms with Crippen molar-refractivity contribution >= 4 is 0 Å². The summed E-state index contributed by atoms with van der Waals surface area (Å²) in [7, 11) is 0. The fourth-order valence-corrected chi connectivity index (χ4v) is 1.36. The zero-order valence-corrected chi connectivity index (χ0v) is 6.80. The van der Waals surface area contributed by atoms with Crippen LogP contribution < -0.4 is 0 Å². The average Bonchev–Trinajstić information content (AvgIpc) is 1.89. The fourth-order valence-electron chi connectivity index (χ4n) is 1.36. The molecule has 1 aliphatic rings. The van der Waals surface area contributed by atoms with E-state index in [1.54, 1.807) is 0 Å². The van der Waals surface area contributed by atoms with Crippen molar-refractivity contribution in [3.05, 3.63) is 12.2 Å². The van der Waals surface area contributed by atoms with Gasteiger partial charge in [-0.2, -0.15) is 0 Å². The summed E-state index contributed by atoms with van der Waals surface area (Å²) in [6, 6.07) is 0. The lowest BCUT2D eigenvalue weighted by atomic mass is 9.75. The second kappa shape index (κ2) is 2.75. The second-order valence-corrected chi connectivity index (χ2v) is 3.54. The van der Waals surface area contributed by atoms with Crippen LogP contribution in [0.25, 0.3) is 0 Å². The molecule has 0 aliphatic heterocycles. The lowest BCUT2D eigenvalue weighted by Gasteiger charge is -2.33. The molecule has 1 nitrogen and oxygen atoms in total. The maximum absolute atomic E-state index is 9.40. The number of hydrogen-bond donors (Lipinski definition) is 1. The lowest BCUT2D eigenvalue weighted by Crippen LogP contribution is -2.30. The largest absolute Gasteiger partial charge is 0.393 e. The van der Waals surface area contributed by atoms with Gasteiger partial charge in [0.25, 0.3) is 0 Å². The summed E-state index contributed by atoms with van der Waals surface area (Å²) in [5.74, 6) is 0. The minimum absolute atomic E-state index is 0.148. The summed E-state index contributed by atoms with van der Waals surface area (Å²) in [5.41, 5.74) is 0.148. The molecule has 0 saturated carbocycles. The number of allylic oxidation sites excluding steroid dienone is 2. The topological polar surface area (TPSA) is 20.2 Å². The van der Waals surface area contributed by atoms with Gasteiger partial charge in [-0.25, -0.2) is 0 Å². The quantitative estimate of drug-likeness (QED) is 0.553. The van der Waals surface area contributed by atoms with Crippen LogP contribution in [0.3, 0.4) is 0 Å². The van der Waals surface area contributed by atoms with Crippen molar-refractivity contribution in [1.29, 1.82) is 0 Å². The average molecular weight is 140 g/mol. The van der Waals surface area contributed by atoms with E-state index in [1.165, 1.54) is 0 Å². The molecule has 10 heavy (non-hydrogen) atoms. The molecular formula is C9H16O. The van der Waals surface area contributed by atoms with E-state index in [1.807, 2.05) is 6.92 Å². The van der Waals surface area contributed by atoms with Gasteiger partial charge >= 0.3 is 0 Å². The van der Waals surface area contributed by atoms with Gasteiger partial charge in [-0.3, -0.25) is 0 Å². The van der Waals surface area contributed by atoms with Crippen molar-refractivity contribution in [3.63, 3.8) is 0 Å². The summed E-state index contributed by atoms with van der Waals surface area (Å²) in [4.78, 5) is 0. The van der Waals surface area contributed by atoms with Gasteiger partial charge in [0.15, 0.2) is 0 Å². The molecule has 1 heteroatoms. The van der Waals surface area contributed by atoms with Crippen molar-refractivity contribution in [2.45, 2.75) is 39.2 Å². The molecule has 0 fully saturated rings. The molecule has 0 radical (unpaired) electrons. The first-order valence-electron chi connectivity index (χ1n) is 3.98. The molecule has 58 valence electrons. The van der Waals surface area contributed by atoms with Gasteiger partial charge in [0.05, 0.1) is 6.10 Å². The van der Waals surface area contributed by atoms with Crippen molar-refractivity contribution in [2.75, 3.05) is 0 Å². The molecule has 0 saturated heterocycles. The van der Waals surface area contributed by atoms with Crippen LogP contribution in [0.5, 0.6) is 0 Å². The van der Waals surface area contributed by atoms with Crippen LogP contribution in [0, 0.1) is 5.41 Å². The van der Waals surface area contributed by atoms with E-state index >= 15 is 0 Å². The zero-order valence-electron chi connectivity index (χ0n) is 6.80. The van der Waals surface area contributed by atoms with Crippen molar-refractivity contribution in [1.82, 2.24) is 0 Å². The summed E-state index contributed by atoms with van der Waals surface area (Å²) in [5, 5.41) is 9.40. The Balaban J connectivity index is 2.59. The first-order valence-corrected chi connectivity index (χ1v) is 3.98. The normalized spacial score (nSPS) is 35.9. The van der Waals surface area contributed by atoms with Gasteiger partial charge in [-0.1, -0.05) is 19.1 Å². The number of hydrogen-bond acceptors (Lipinski definition) is 1. The first kappa shape index (κ1) is 7.80. The Bertz CT molecular complexity index is 138. The molecule has 2 unspecified atom stereocenters. The van der Waals surface area contributed by atoms with Crippen molar-refractivity contribution in [2.24, 2.45) is 5.41 Å². The Morgan fingerprint density at radius 2 is 2.20 bits per heavy atom. The third-order valence-corrected chi connectivity index (χ3v) is 2.64. The SMILES string of the molecule is CC(O)C1(C)CC=CCC1. The first-order chi connectivity index (χ1) is 4.65. The molecule has 0 bridgehead atoms. The Labute approximate surface area is 62.8 Å². The number of aliphatic hydroxyl groups excluding tert-OH is 1. The molecule has 1 N–H and O–H groups in total. The van der Waals surface area contributed by atoms with Crippen molar-refractivity contribution in [3.8, 4) is 0 Å².